The molecule has 0 saturated carbocycles. The fraction of sp³-hybridized carbons (Fsp3) is 0.545. The van der Waals surface area contributed by atoms with Crippen LogP contribution in [0.3, 0.4) is 0 Å². The Bertz CT molecular complexity index is 337. The van der Waals surface area contributed by atoms with Gasteiger partial charge in [0, 0.05) is 17.7 Å². The van der Waals surface area contributed by atoms with Crippen molar-refractivity contribution in [1.82, 2.24) is 10.3 Å². The van der Waals surface area contributed by atoms with Crippen LogP contribution in [0.5, 0.6) is 5.75 Å². The zero-order valence-corrected chi connectivity index (χ0v) is 8.79. The average molecular weight is 210 g/mol. The maximum absolute atomic E-state index is 13.1. The van der Waals surface area contributed by atoms with Gasteiger partial charge in [0.1, 0.15) is 0 Å². The minimum atomic E-state index is -0.393. The van der Waals surface area contributed by atoms with Gasteiger partial charge in [-0.2, -0.15) is 0 Å². The lowest BCUT2D eigenvalue weighted by Gasteiger charge is -2.22. The number of nitrogens with one attached hydrogen (secondary N) is 1. The van der Waals surface area contributed by atoms with Crippen molar-refractivity contribution in [3.05, 3.63) is 23.8 Å². The first-order chi connectivity index (χ1) is 7.31. The minimum absolute atomic E-state index is 0.290. The van der Waals surface area contributed by atoms with Crippen LogP contribution in [0, 0.1) is 5.82 Å². The van der Waals surface area contributed by atoms with E-state index in [1.807, 2.05) is 0 Å². The number of hydrogen-bond acceptors (Lipinski definition) is 3. The predicted molar refractivity (Wildman–Crippen MR) is 55.6 cm³/mol. The van der Waals surface area contributed by atoms with E-state index in [2.05, 4.69) is 10.3 Å². The average Bonchev–Trinajstić information content (AvgIpc) is 2.31. The highest BCUT2D eigenvalue weighted by molar-refractivity contribution is 5.26. The van der Waals surface area contributed by atoms with Crippen LogP contribution in [0.25, 0.3) is 0 Å². The van der Waals surface area contributed by atoms with Gasteiger partial charge in [0.15, 0.2) is 11.6 Å². The Kier molecular flexibility index (Phi) is 3.16. The van der Waals surface area contributed by atoms with Crippen LogP contribution >= 0.6 is 0 Å². The van der Waals surface area contributed by atoms with Gasteiger partial charge in [-0.25, -0.2) is 4.39 Å². The highest BCUT2D eigenvalue weighted by Crippen LogP contribution is 2.27. The standard InChI is InChI=1S/C11H15FN2O/c1-15-11-6-10(14-7-9(11)12)8-2-4-13-5-3-8/h6-8,13H,2-5H2,1H3. The van der Waals surface area contributed by atoms with Gasteiger partial charge in [-0.1, -0.05) is 0 Å². The number of methoxy groups -OCH3 is 1. The third-order valence-electron chi connectivity index (χ3n) is 2.82. The highest BCUT2D eigenvalue weighted by Gasteiger charge is 2.17. The number of nitrogens with zero attached hydrogens (tertiary/aromatic N) is 1. The second kappa shape index (κ2) is 4.57. The molecular formula is C11H15FN2O. The summed E-state index contributed by atoms with van der Waals surface area (Å²) in [5.41, 5.74) is 0.940. The van der Waals surface area contributed by atoms with Crippen molar-refractivity contribution in [1.29, 1.82) is 0 Å². The molecule has 1 aromatic heterocycles. The first-order valence-corrected chi connectivity index (χ1v) is 5.21. The van der Waals surface area contributed by atoms with Crippen LogP contribution in [0.15, 0.2) is 12.3 Å². The molecule has 1 aromatic rings. The third kappa shape index (κ3) is 2.26. The largest absolute Gasteiger partial charge is 0.494 e. The van der Waals surface area contributed by atoms with E-state index >= 15 is 0 Å². The number of piperidine rings is 1. The molecule has 0 radical (unpaired) electrons. The molecule has 0 amide bonds. The maximum Gasteiger partial charge on any atom is 0.183 e. The van der Waals surface area contributed by atoms with Crippen LogP contribution in [0.2, 0.25) is 0 Å². The molecule has 4 heteroatoms. The summed E-state index contributed by atoms with van der Waals surface area (Å²) in [6.07, 6.45) is 3.36. The summed E-state index contributed by atoms with van der Waals surface area (Å²) in [4.78, 5) is 4.13. The smallest absolute Gasteiger partial charge is 0.183 e. The van der Waals surface area contributed by atoms with Gasteiger partial charge in [0.25, 0.3) is 0 Å². The topological polar surface area (TPSA) is 34.1 Å². The van der Waals surface area contributed by atoms with E-state index in [4.69, 9.17) is 4.74 Å². The lowest BCUT2D eigenvalue weighted by Crippen LogP contribution is -2.27. The van der Waals surface area contributed by atoms with Crippen molar-refractivity contribution in [2.45, 2.75) is 18.8 Å². The Hall–Kier alpha value is -1.16. The Morgan fingerprint density at radius 2 is 2.20 bits per heavy atom. The predicted octanol–water partition coefficient (Wildman–Crippen LogP) is 1.70. The lowest BCUT2D eigenvalue weighted by atomic mass is 9.94. The molecule has 1 N–H and O–H groups in total. The third-order valence-corrected chi connectivity index (χ3v) is 2.82. The molecule has 1 aliphatic heterocycles. The van der Waals surface area contributed by atoms with E-state index < -0.39 is 5.82 Å². The Labute approximate surface area is 88.7 Å². The molecule has 3 nitrogen and oxygen atoms in total. The zero-order chi connectivity index (χ0) is 10.7. The molecule has 0 aliphatic carbocycles. The van der Waals surface area contributed by atoms with Crippen LogP contribution in [-0.2, 0) is 0 Å². The number of aromatic nitrogens is 1. The Morgan fingerprint density at radius 3 is 2.87 bits per heavy atom. The SMILES string of the molecule is COc1cc(C2CCNCC2)ncc1F. The van der Waals surface area contributed by atoms with Crippen LogP contribution in [0.1, 0.15) is 24.5 Å². The van der Waals surface area contributed by atoms with Crippen LogP contribution in [-0.4, -0.2) is 25.2 Å². The van der Waals surface area contributed by atoms with Crippen molar-refractivity contribution in [3.8, 4) is 5.75 Å². The van der Waals surface area contributed by atoms with E-state index in [0.717, 1.165) is 31.6 Å². The summed E-state index contributed by atoms with van der Waals surface area (Å²) < 4.78 is 18.1. The molecule has 2 heterocycles. The monoisotopic (exact) mass is 210 g/mol. The minimum Gasteiger partial charge on any atom is -0.494 e. The highest BCUT2D eigenvalue weighted by atomic mass is 19.1. The van der Waals surface area contributed by atoms with Crippen molar-refractivity contribution in [2.24, 2.45) is 0 Å². The van der Waals surface area contributed by atoms with Crippen LogP contribution < -0.4 is 10.1 Å². The van der Waals surface area contributed by atoms with E-state index in [1.54, 1.807) is 6.07 Å². The van der Waals surface area contributed by atoms with Gasteiger partial charge < -0.3 is 10.1 Å². The van der Waals surface area contributed by atoms with E-state index in [1.165, 1.54) is 13.3 Å². The van der Waals surface area contributed by atoms with E-state index in [-0.39, 0.29) is 0 Å². The molecule has 0 unspecified atom stereocenters. The van der Waals surface area contributed by atoms with Crippen molar-refractivity contribution < 1.29 is 9.13 Å². The fourth-order valence-electron chi connectivity index (χ4n) is 1.93. The Balaban J connectivity index is 2.20. The summed E-state index contributed by atoms with van der Waals surface area (Å²) in [5, 5.41) is 3.29. The quantitative estimate of drug-likeness (QED) is 0.806. The normalized spacial score (nSPS) is 17.7. The van der Waals surface area contributed by atoms with Gasteiger partial charge >= 0.3 is 0 Å². The summed E-state index contributed by atoms with van der Waals surface area (Å²) >= 11 is 0. The molecular weight excluding hydrogens is 195 g/mol. The van der Waals surface area contributed by atoms with E-state index in [9.17, 15) is 4.39 Å². The summed E-state index contributed by atoms with van der Waals surface area (Å²) in [5.74, 6) is 0.328. The molecule has 0 aromatic carbocycles. The molecule has 2 rings (SSSR count). The van der Waals surface area contributed by atoms with Gasteiger partial charge in [0.05, 0.1) is 13.3 Å². The second-order valence-electron chi connectivity index (χ2n) is 3.77. The molecule has 1 saturated heterocycles. The van der Waals surface area contributed by atoms with Gasteiger partial charge in [-0.3, -0.25) is 4.98 Å². The number of halogens is 1. The molecule has 0 bridgehead atoms. The number of pyridine rings is 1. The molecule has 15 heavy (non-hydrogen) atoms. The number of rotatable bonds is 2. The molecule has 0 atom stereocenters. The molecule has 1 fully saturated rings. The molecule has 0 spiro atoms. The fourth-order valence-corrected chi connectivity index (χ4v) is 1.93. The number of hydrogen-bond donors (Lipinski definition) is 1. The summed E-state index contributed by atoms with van der Waals surface area (Å²) in [6.45, 7) is 2.01. The van der Waals surface area contributed by atoms with Crippen molar-refractivity contribution >= 4 is 0 Å². The molecule has 1 aliphatic rings. The van der Waals surface area contributed by atoms with Gasteiger partial charge in [-0.15, -0.1) is 0 Å². The van der Waals surface area contributed by atoms with Gasteiger partial charge in [0.2, 0.25) is 0 Å². The second-order valence-corrected chi connectivity index (χ2v) is 3.77. The summed E-state index contributed by atoms with van der Waals surface area (Å²) in [7, 11) is 1.48. The van der Waals surface area contributed by atoms with Crippen molar-refractivity contribution in [3.63, 3.8) is 0 Å². The molecule has 82 valence electrons. The number of ether oxygens (including phenoxy) is 1. The summed E-state index contributed by atoms with van der Waals surface area (Å²) in [6, 6.07) is 1.71. The zero-order valence-electron chi connectivity index (χ0n) is 8.79. The first kappa shape index (κ1) is 10.4. The first-order valence-electron chi connectivity index (χ1n) is 5.21. The van der Waals surface area contributed by atoms with E-state index in [0.29, 0.717) is 11.7 Å². The lowest BCUT2D eigenvalue weighted by molar-refractivity contribution is 0.380. The van der Waals surface area contributed by atoms with Crippen molar-refractivity contribution in [2.75, 3.05) is 20.2 Å². The Morgan fingerprint density at radius 1 is 1.47 bits per heavy atom. The maximum atomic E-state index is 13.1. The van der Waals surface area contributed by atoms with Gasteiger partial charge in [-0.05, 0) is 25.9 Å². The van der Waals surface area contributed by atoms with Crippen LogP contribution in [0.4, 0.5) is 4.39 Å².